The molecule has 3 heteroatoms. The molecule has 11 heavy (non-hydrogen) atoms. The molecule has 1 aromatic rings. The monoisotopic (exact) mass is 264 g/mol. The van der Waals surface area contributed by atoms with E-state index < -0.39 is 0 Å². The van der Waals surface area contributed by atoms with Gasteiger partial charge in [-0.2, -0.15) is 0 Å². The van der Waals surface area contributed by atoms with E-state index >= 15 is 0 Å². The standard InChI is InChI=1S/C6H5I.C2H4O2/c7-6-4-2-1-3-5-6;1-4-2-3/h1-5H;2H,1H3. The van der Waals surface area contributed by atoms with Crippen LogP contribution in [0.25, 0.3) is 0 Å². The Labute approximate surface area is 79.7 Å². The summed E-state index contributed by atoms with van der Waals surface area (Å²) in [5, 5.41) is 0. The minimum Gasteiger partial charge on any atom is -0.471 e. The van der Waals surface area contributed by atoms with Crippen molar-refractivity contribution < 1.29 is 9.53 Å². The Hall–Kier alpha value is -0.580. The van der Waals surface area contributed by atoms with E-state index in [-0.39, 0.29) is 0 Å². The largest absolute Gasteiger partial charge is 0.471 e. The first kappa shape index (κ1) is 10.4. The minimum absolute atomic E-state index is 0.375. The van der Waals surface area contributed by atoms with Crippen LogP contribution in [0.3, 0.4) is 0 Å². The third-order valence-electron chi connectivity index (χ3n) is 0.829. The van der Waals surface area contributed by atoms with Crippen LogP contribution in [0.15, 0.2) is 30.3 Å². The smallest absolute Gasteiger partial charge is 0.292 e. The van der Waals surface area contributed by atoms with E-state index in [9.17, 15) is 0 Å². The van der Waals surface area contributed by atoms with Crippen LogP contribution in [0.1, 0.15) is 0 Å². The number of carbonyl (C=O) groups is 1. The van der Waals surface area contributed by atoms with Crippen LogP contribution >= 0.6 is 22.6 Å². The molecule has 1 aromatic carbocycles. The fraction of sp³-hybridized carbons (Fsp3) is 0.125. The molecule has 0 N–H and O–H groups in total. The molecule has 1 rings (SSSR count). The normalized spacial score (nSPS) is 7.45. The van der Waals surface area contributed by atoms with E-state index in [4.69, 9.17) is 4.79 Å². The van der Waals surface area contributed by atoms with Crippen LogP contribution in [-0.2, 0) is 9.53 Å². The fourth-order valence-electron chi connectivity index (χ4n) is 0.415. The number of hydrogen-bond acceptors (Lipinski definition) is 2. The molecule has 0 saturated heterocycles. The van der Waals surface area contributed by atoms with Gasteiger partial charge in [-0.15, -0.1) is 0 Å². The summed E-state index contributed by atoms with van der Waals surface area (Å²) in [5.41, 5.74) is 0. The number of hydrogen-bond donors (Lipinski definition) is 0. The van der Waals surface area contributed by atoms with Gasteiger partial charge in [-0.25, -0.2) is 0 Å². The van der Waals surface area contributed by atoms with Crippen molar-refractivity contribution in [2.24, 2.45) is 0 Å². The van der Waals surface area contributed by atoms with Gasteiger partial charge < -0.3 is 4.74 Å². The summed E-state index contributed by atoms with van der Waals surface area (Å²) >= 11 is 2.28. The van der Waals surface area contributed by atoms with Gasteiger partial charge in [-0.3, -0.25) is 4.79 Å². The Balaban J connectivity index is 0.000000218. The van der Waals surface area contributed by atoms with E-state index in [1.807, 2.05) is 18.2 Å². The highest BCUT2D eigenvalue weighted by molar-refractivity contribution is 14.1. The second-order valence-corrected chi connectivity index (χ2v) is 2.87. The Morgan fingerprint density at radius 1 is 1.36 bits per heavy atom. The highest BCUT2D eigenvalue weighted by Crippen LogP contribution is 1.99. The van der Waals surface area contributed by atoms with Gasteiger partial charge in [0, 0.05) is 3.57 Å². The predicted molar refractivity (Wildman–Crippen MR) is 52.2 cm³/mol. The number of rotatable bonds is 1. The van der Waals surface area contributed by atoms with Crippen molar-refractivity contribution in [2.45, 2.75) is 0 Å². The van der Waals surface area contributed by atoms with Crippen molar-refractivity contribution in [3.8, 4) is 0 Å². The average Bonchev–Trinajstić information content (AvgIpc) is 2.07. The first-order chi connectivity index (χ1) is 5.31. The second kappa shape index (κ2) is 7.53. The first-order valence-corrected chi connectivity index (χ1v) is 4.06. The van der Waals surface area contributed by atoms with Gasteiger partial charge in [0.05, 0.1) is 7.11 Å². The van der Waals surface area contributed by atoms with E-state index in [0.29, 0.717) is 6.47 Å². The van der Waals surface area contributed by atoms with Crippen molar-refractivity contribution in [2.75, 3.05) is 7.11 Å². The zero-order valence-corrected chi connectivity index (χ0v) is 8.32. The van der Waals surface area contributed by atoms with Crippen LogP contribution in [0.4, 0.5) is 0 Å². The molecule has 0 unspecified atom stereocenters. The highest BCUT2D eigenvalue weighted by atomic mass is 127. The Morgan fingerprint density at radius 3 is 2.00 bits per heavy atom. The van der Waals surface area contributed by atoms with Crippen molar-refractivity contribution in [3.05, 3.63) is 33.9 Å². The summed E-state index contributed by atoms with van der Waals surface area (Å²) in [6.45, 7) is 0.375. The van der Waals surface area contributed by atoms with Crippen molar-refractivity contribution in [1.82, 2.24) is 0 Å². The van der Waals surface area contributed by atoms with Gasteiger partial charge in [0.15, 0.2) is 0 Å². The molecule has 0 aromatic heterocycles. The van der Waals surface area contributed by atoms with Crippen molar-refractivity contribution in [1.29, 1.82) is 0 Å². The van der Waals surface area contributed by atoms with E-state index in [2.05, 4.69) is 39.5 Å². The van der Waals surface area contributed by atoms with Gasteiger partial charge in [0.1, 0.15) is 0 Å². The summed E-state index contributed by atoms with van der Waals surface area (Å²) < 4.78 is 5.15. The van der Waals surface area contributed by atoms with Gasteiger partial charge in [0.25, 0.3) is 6.47 Å². The minimum atomic E-state index is 0.375. The molecule has 0 fully saturated rings. The van der Waals surface area contributed by atoms with Crippen molar-refractivity contribution >= 4 is 29.1 Å². The van der Waals surface area contributed by atoms with Crippen LogP contribution < -0.4 is 0 Å². The summed E-state index contributed by atoms with van der Waals surface area (Å²) in [6.07, 6.45) is 0. The molecule has 0 spiro atoms. The molecular formula is C8H9IO2. The van der Waals surface area contributed by atoms with E-state index in [1.54, 1.807) is 0 Å². The van der Waals surface area contributed by atoms with E-state index in [1.165, 1.54) is 10.7 Å². The molecule has 0 amide bonds. The van der Waals surface area contributed by atoms with Gasteiger partial charge >= 0.3 is 0 Å². The number of carbonyl (C=O) groups excluding carboxylic acids is 1. The predicted octanol–water partition coefficient (Wildman–Crippen LogP) is 2.08. The molecule has 2 nitrogen and oxygen atoms in total. The van der Waals surface area contributed by atoms with Gasteiger partial charge in [0.2, 0.25) is 0 Å². The lowest BCUT2D eigenvalue weighted by Gasteiger charge is -1.80. The third kappa shape index (κ3) is 7.32. The van der Waals surface area contributed by atoms with Gasteiger partial charge in [-0.1, -0.05) is 18.2 Å². The molecule has 0 radical (unpaired) electrons. The molecule has 0 aliphatic carbocycles. The average molecular weight is 264 g/mol. The molecule has 60 valence electrons. The third-order valence-corrected chi connectivity index (χ3v) is 1.55. The molecule has 0 aliphatic heterocycles. The number of halogens is 1. The van der Waals surface area contributed by atoms with Crippen LogP contribution in [0.5, 0.6) is 0 Å². The maximum absolute atomic E-state index is 8.95. The lowest BCUT2D eigenvalue weighted by atomic mass is 10.4. The molecule has 0 bridgehead atoms. The number of methoxy groups -OCH3 is 1. The number of ether oxygens (including phenoxy) is 1. The van der Waals surface area contributed by atoms with Crippen molar-refractivity contribution in [3.63, 3.8) is 0 Å². The fourth-order valence-corrected chi connectivity index (χ4v) is 0.830. The maximum atomic E-state index is 8.95. The van der Waals surface area contributed by atoms with Crippen LogP contribution in [-0.4, -0.2) is 13.6 Å². The molecular weight excluding hydrogens is 255 g/mol. The summed E-state index contributed by atoms with van der Waals surface area (Å²) in [7, 11) is 1.31. The molecule has 0 atom stereocenters. The molecule has 0 aliphatic rings. The lowest BCUT2D eigenvalue weighted by molar-refractivity contribution is -0.126. The SMILES string of the molecule is COC=O.Ic1ccccc1. The summed E-state index contributed by atoms with van der Waals surface area (Å²) in [6, 6.07) is 10.2. The number of benzene rings is 1. The molecule has 0 heterocycles. The zero-order valence-electron chi connectivity index (χ0n) is 6.16. The Morgan fingerprint density at radius 2 is 1.82 bits per heavy atom. The zero-order chi connectivity index (χ0) is 8.53. The maximum Gasteiger partial charge on any atom is 0.292 e. The Bertz CT molecular complexity index is 187. The van der Waals surface area contributed by atoms with Gasteiger partial charge in [-0.05, 0) is 34.7 Å². The summed E-state index contributed by atoms with van der Waals surface area (Å²) in [4.78, 5) is 8.95. The van der Waals surface area contributed by atoms with E-state index in [0.717, 1.165) is 0 Å². The quantitative estimate of drug-likeness (QED) is 0.573. The highest BCUT2D eigenvalue weighted by Gasteiger charge is 1.74. The summed E-state index contributed by atoms with van der Waals surface area (Å²) in [5.74, 6) is 0. The second-order valence-electron chi connectivity index (χ2n) is 1.63. The Kier molecular flexibility index (Phi) is 7.13. The van der Waals surface area contributed by atoms with Crippen LogP contribution in [0.2, 0.25) is 0 Å². The first-order valence-electron chi connectivity index (χ1n) is 2.98. The topological polar surface area (TPSA) is 26.3 Å². The van der Waals surface area contributed by atoms with Crippen LogP contribution in [0, 0.1) is 3.57 Å². The lowest BCUT2D eigenvalue weighted by Crippen LogP contribution is -1.68. The molecule has 0 saturated carbocycles.